The fourth-order valence-corrected chi connectivity index (χ4v) is 4.25. The van der Waals surface area contributed by atoms with Gasteiger partial charge in [-0.3, -0.25) is 0 Å². The van der Waals surface area contributed by atoms with Crippen molar-refractivity contribution in [3.63, 3.8) is 0 Å². The van der Waals surface area contributed by atoms with Crippen LogP contribution in [0, 0.1) is 0 Å². The van der Waals surface area contributed by atoms with Crippen LogP contribution in [-0.2, 0) is 4.43 Å². The SMILES string of the molecule is C[C@H](CO)n1nnnc1-c1cccc(N)n1.C[C@H](CO[Si](C)(C)C(C)(C)C)n1nnnc1-c1cccc(N)n1.ClCCl. The maximum atomic E-state index is 9.07. The van der Waals surface area contributed by atoms with E-state index in [1.54, 1.807) is 28.9 Å². The molecule has 17 heteroatoms. The number of nitrogens with two attached hydrogens (primary N) is 2. The fourth-order valence-electron chi connectivity index (χ4n) is 3.16. The molecular weight excluding hydrogens is 599 g/mol. The first-order valence-corrected chi connectivity index (χ1v) is 17.1. The summed E-state index contributed by atoms with van der Waals surface area (Å²) in [4.78, 5) is 8.41. The van der Waals surface area contributed by atoms with Gasteiger partial charge in [-0.1, -0.05) is 32.9 Å². The minimum atomic E-state index is -1.80. The van der Waals surface area contributed by atoms with Gasteiger partial charge in [-0.15, -0.1) is 33.4 Å². The number of nitrogens with zero attached hydrogens (tertiary/aromatic N) is 10. The molecule has 14 nitrogen and oxygen atoms in total. The van der Waals surface area contributed by atoms with Crippen LogP contribution in [0.3, 0.4) is 0 Å². The van der Waals surface area contributed by atoms with Crippen molar-refractivity contribution in [2.75, 3.05) is 30.0 Å². The number of halogens is 2. The Hall–Kier alpha value is -3.24. The van der Waals surface area contributed by atoms with Gasteiger partial charge >= 0.3 is 0 Å². The molecule has 0 spiro atoms. The number of nitrogen functional groups attached to an aromatic ring is 2. The van der Waals surface area contributed by atoms with Gasteiger partial charge in [0.05, 0.1) is 30.6 Å². The first kappa shape index (κ1) is 35.0. The van der Waals surface area contributed by atoms with E-state index in [9.17, 15) is 0 Å². The number of hydrogen-bond donors (Lipinski definition) is 3. The molecule has 2 atom stereocenters. The first-order valence-electron chi connectivity index (χ1n) is 13.1. The van der Waals surface area contributed by atoms with Crippen molar-refractivity contribution >= 4 is 43.2 Å². The van der Waals surface area contributed by atoms with E-state index in [1.165, 1.54) is 4.68 Å². The van der Waals surface area contributed by atoms with Crippen LogP contribution in [0.4, 0.5) is 11.6 Å². The van der Waals surface area contributed by atoms with Crippen LogP contribution in [0.1, 0.15) is 46.7 Å². The molecule has 4 heterocycles. The number of pyridine rings is 2. The Labute approximate surface area is 256 Å². The van der Waals surface area contributed by atoms with Gasteiger partial charge in [-0.2, -0.15) is 0 Å². The van der Waals surface area contributed by atoms with Crippen LogP contribution < -0.4 is 11.5 Å². The molecule has 0 amide bonds. The maximum Gasteiger partial charge on any atom is 0.201 e. The Morgan fingerprint density at radius 1 is 0.857 bits per heavy atom. The lowest BCUT2D eigenvalue weighted by Gasteiger charge is -2.36. The molecule has 0 radical (unpaired) electrons. The molecule has 0 fully saturated rings. The molecule has 230 valence electrons. The second-order valence-electron chi connectivity index (χ2n) is 10.8. The standard InChI is InChI=1S/C15H26N6OSi.C9H12N6O.CH2Cl2/c1-11(10-22-23(5,6)15(2,3)4)21-14(18-19-20-21)12-8-7-9-13(16)17-12;1-6(5-16)15-9(12-13-14-15)7-3-2-4-8(10)11-7;2-1-3/h7-9,11H,10H2,1-6H3,(H2,16,17);2-4,6,16H,5H2,1H3,(H2,10,11);1H2/t11-;6-;/m11./s1. The quantitative estimate of drug-likeness (QED) is 0.184. The highest BCUT2D eigenvalue weighted by Gasteiger charge is 2.37. The third kappa shape index (κ3) is 9.66. The van der Waals surface area contributed by atoms with E-state index in [0.717, 1.165) is 0 Å². The number of hydrogen-bond acceptors (Lipinski definition) is 12. The van der Waals surface area contributed by atoms with Gasteiger partial charge in [0.15, 0.2) is 8.32 Å². The molecule has 4 aromatic rings. The number of anilines is 2. The topological polar surface area (TPSA) is 194 Å². The van der Waals surface area contributed by atoms with Gasteiger partial charge in [-0.25, -0.2) is 19.3 Å². The molecule has 0 saturated heterocycles. The van der Waals surface area contributed by atoms with E-state index >= 15 is 0 Å². The van der Waals surface area contributed by atoms with Gasteiger partial charge in [0.1, 0.15) is 23.0 Å². The molecule has 0 aliphatic heterocycles. The van der Waals surface area contributed by atoms with E-state index in [0.29, 0.717) is 41.3 Å². The van der Waals surface area contributed by atoms with Crippen molar-refractivity contribution in [1.82, 2.24) is 50.4 Å². The molecular formula is C25H40Cl2N12O2Si. The van der Waals surface area contributed by atoms with E-state index in [2.05, 4.69) is 74.9 Å². The summed E-state index contributed by atoms with van der Waals surface area (Å²) in [5.41, 5.74) is 12.6. The number of tetrazole rings is 2. The number of aromatic nitrogens is 10. The zero-order valence-electron chi connectivity index (χ0n) is 25.0. The Kier molecular flexibility index (Phi) is 13.2. The van der Waals surface area contributed by atoms with Crippen LogP contribution in [0.15, 0.2) is 36.4 Å². The van der Waals surface area contributed by atoms with Gasteiger partial charge in [0.25, 0.3) is 0 Å². The second kappa shape index (κ2) is 15.8. The normalized spacial score (nSPS) is 12.9. The monoisotopic (exact) mass is 638 g/mol. The molecule has 0 aromatic carbocycles. The van der Waals surface area contributed by atoms with E-state index in [1.807, 2.05) is 26.0 Å². The van der Waals surface area contributed by atoms with Gasteiger partial charge in [-0.05, 0) is 77.1 Å². The Morgan fingerprint density at radius 3 is 1.67 bits per heavy atom. The Bertz CT molecular complexity index is 1380. The lowest BCUT2D eigenvalue weighted by molar-refractivity contribution is 0.229. The van der Waals surface area contributed by atoms with Crippen LogP contribution in [0.25, 0.3) is 23.0 Å². The lowest BCUT2D eigenvalue weighted by Crippen LogP contribution is -2.42. The van der Waals surface area contributed by atoms with Crippen molar-refractivity contribution in [2.45, 2.75) is 64.8 Å². The van der Waals surface area contributed by atoms with Crippen molar-refractivity contribution in [2.24, 2.45) is 0 Å². The highest BCUT2D eigenvalue weighted by molar-refractivity contribution is 6.74. The van der Waals surface area contributed by atoms with E-state index in [4.69, 9.17) is 44.2 Å². The largest absolute Gasteiger partial charge is 0.415 e. The fraction of sp³-hybridized carbons (Fsp3) is 0.520. The van der Waals surface area contributed by atoms with Crippen LogP contribution in [-0.4, -0.2) is 82.4 Å². The van der Waals surface area contributed by atoms with Crippen LogP contribution in [0.5, 0.6) is 0 Å². The lowest BCUT2D eigenvalue weighted by atomic mass is 10.2. The third-order valence-corrected chi connectivity index (χ3v) is 11.1. The van der Waals surface area contributed by atoms with Gasteiger partial charge in [0.2, 0.25) is 11.6 Å². The summed E-state index contributed by atoms with van der Waals surface area (Å²) < 4.78 is 9.53. The van der Waals surface area contributed by atoms with E-state index < -0.39 is 8.32 Å². The van der Waals surface area contributed by atoms with Gasteiger partial charge < -0.3 is 21.0 Å². The predicted molar refractivity (Wildman–Crippen MR) is 167 cm³/mol. The maximum absolute atomic E-state index is 9.07. The van der Waals surface area contributed by atoms with Crippen LogP contribution >= 0.6 is 23.2 Å². The minimum absolute atomic E-state index is 0.0114. The zero-order valence-corrected chi connectivity index (χ0v) is 27.5. The third-order valence-electron chi connectivity index (χ3n) is 6.58. The smallest absolute Gasteiger partial charge is 0.201 e. The Morgan fingerprint density at radius 2 is 1.29 bits per heavy atom. The summed E-state index contributed by atoms with van der Waals surface area (Å²) >= 11 is 9.53. The summed E-state index contributed by atoms with van der Waals surface area (Å²) in [6.07, 6.45) is 0. The van der Waals surface area contributed by atoms with Crippen molar-refractivity contribution < 1.29 is 9.53 Å². The highest BCUT2D eigenvalue weighted by atomic mass is 35.5. The predicted octanol–water partition coefficient (Wildman–Crippen LogP) is 4.19. The zero-order chi connectivity index (χ0) is 31.5. The summed E-state index contributed by atoms with van der Waals surface area (Å²) in [5, 5.41) is 32.6. The second-order valence-corrected chi connectivity index (χ2v) is 16.5. The average Bonchev–Trinajstić information content (AvgIpc) is 3.62. The molecule has 0 aliphatic carbocycles. The van der Waals surface area contributed by atoms with Crippen molar-refractivity contribution in [1.29, 1.82) is 0 Å². The van der Waals surface area contributed by atoms with Gasteiger partial charge in [0, 0.05) is 0 Å². The summed E-state index contributed by atoms with van der Waals surface area (Å²) in [7, 11) is -1.80. The first-order chi connectivity index (χ1) is 19.7. The van der Waals surface area contributed by atoms with Crippen LogP contribution in [0.2, 0.25) is 18.1 Å². The molecule has 0 unspecified atom stereocenters. The van der Waals surface area contributed by atoms with E-state index in [-0.39, 0.29) is 29.1 Å². The molecule has 4 aromatic heterocycles. The summed E-state index contributed by atoms with van der Waals surface area (Å²) in [5.74, 6) is 1.95. The molecule has 0 aliphatic rings. The number of rotatable bonds is 8. The molecule has 5 N–H and O–H groups in total. The van der Waals surface area contributed by atoms with Crippen molar-refractivity contribution in [3.05, 3.63) is 36.4 Å². The molecule has 0 saturated carbocycles. The van der Waals surface area contributed by atoms with Crippen molar-refractivity contribution in [3.8, 4) is 23.0 Å². The highest BCUT2D eigenvalue weighted by Crippen LogP contribution is 2.37. The summed E-state index contributed by atoms with van der Waals surface area (Å²) in [6.45, 7) is 15.5. The number of alkyl halides is 2. The minimum Gasteiger partial charge on any atom is -0.415 e. The average molecular weight is 640 g/mol. The Balaban J connectivity index is 0.000000282. The summed E-state index contributed by atoms with van der Waals surface area (Å²) in [6, 6.07) is 10.5. The molecule has 0 bridgehead atoms. The molecule has 42 heavy (non-hydrogen) atoms. The number of aliphatic hydroxyl groups excluding tert-OH is 1. The number of aliphatic hydroxyl groups is 1. The molecule has 4 rings (SSSR count).